The van der Waals surface area contributed by atoms with Crippen LogP contribution in [0.25, 0.3) is 0 Å². The molecule has 2 rings (SSSR count). The molecule has 2 aromatic rings. The van der Waals surface area contributed by atoms with Crippen LogP contribution in [-0.2, 0) is 11.3 Å². The van der Waals surface area contributed by atoms with Crippen LogP contribution in [0.4, 0.5) is 0 Å². The lowest BCUT2D eigenvalue weighted by Crippen LogP contribution is -2.36. The summed E-state index contributed by atoms with van der Waals surface area (Å²) >= 11 is 0. The van der Waals surface area contributed by atoms with Crippen molar-refractivity contribution < 1.29 is 19.1 Å². The van der Waals surface area contributed by atoms with E-state index in [2.05, 4.69) is 10.6 Å². The number of rotatable bonds is 8. The average molecular weight is 383 g/mol. The Kier molecular flexibility index (Phi) is 7.56. The van der Waals surface area contributed by atoms with Crippen molar-refractivity contribution in [1.82, 2.24) is 15.5 Å². The molecule has 2 aromatic carbocycles. The van der Waals surface area contributed by atoms with Gasteiger partial charge in [0, 0.05) is 31.8 Å². The van der Waals surface area contributed by atoms with E-state index in [-0.39, 0.29) is 24.3 Å². The zero-order valence-electron chi connectivity index (χ0n) is 16.3. The molecule has 0 fully saturated rings. The van der Waals surface area contributed by atoms with Gasteiger partial charge in [0.15, 0.2) is 0 Å². The molecule has 28 heavy (non-hydrogen) atoms. The summed E-state index contributed by atoms with van der Waals surface area (Å²) in [6, 6.07) is 13.7. The molecule has 0 saturated carbocycles. The number of hydrogen-bond donors (Lipinski definition) is 2. The summed E-state index contributed by atoms with van der Waals surface area (Å²) in [6.45, 7) is 2.63. The van der Waals surface area contributed by atoms with Gasteiger partial charge in [-0.25, -0.2) is 0 Å². The Morgan fingerprint density at radius 1 is 0.893 bits per heavy atom. The second-order valence-electron chi connectivity index (χ2n) is 6.31. The van der Waals surface area contributed by atoms with Crippen molar-refractivity contribution in [3.8, 4) is 5.75 Å². The molecule has 0 unspecified atom stereocenters. The van der Waals surface area contributed by atoms with E-state index < -0.39 is 0 Å². The number of nitrogens with zero attached hydrogens (tertiary/aromatic N) is 1. The van der Waals surface area contributed by atoms with E-state index >= 15 is 0 Å². The SMILES string of the molecule is CCOc1ccc(C(=O)NCC(=O)NCc2ccc(C(=O)N(C)C)cc2)cc1. The smallest absolute Gasteiger partial charge is 0.253 e. The van der Waals surface area contributed by atoms with Crippen LogP contribution in [0.3, 0.4) is 0 Å². The lowest BCUT2D eigenvalue weighted by Gasteiger charge is -2.11. The lowest BCUT2D eigenvalue weighted by molar-refractivity contribution is -0.120. The van der Waals surface area contributed by atoms with Gasteiger partial charge in [-0.3, -0.25) is 14.4 Å². The van der Waals surface area contributed by atoms with Crippen molar-refractivity contribution in [3.63, 3.8) is 0 Å². The molecule has 0 heterocycles. The molecule has 0 saturated heterocycles. The third-order valence-electron chi connectivity index (χ3n) is 3.93. The maximum absolute atomic E-state index is 12.1. The Morgan fingerprint density at radius 2 is 1.50 bits per heavy atom. The molecule has 0 aliphatic carbocycles. The van der Waals surface area contributed by atoms with Crippen LogP contribution in [0.2, 0.25) is 0 Å². The molecule has 7 nitrogen and oxygen atoms in total. The van der Waals surface area contributed by atoms with E-state index in [0.29, 0.717) is 30.0 Å². The van der Waals surface area contributed by atoms with Gasteiger partial charge >= 0.3 is 0 Å². The monoisotopic (exact) mass is 383 g/mol. The van der Waals surface area contributed by atoms with Crippen LogP contribution in [0, 0.1) is 0 Å². The minimum absolute atomic E-state index is 0.0763. The van der Waals surface area contributed by atoms with E-state index in [1.54, 1.807) is 62.6 Å². The molecule has 0 aliphatic rings. The van der Waals surface area contributed by atoms with Crippen LogP contribution in [0.1, 0.15) is 33.2 Å². The fourth-order valence-corrected chi connectivity index (χ4v) is 2.42. The Labute approximate surface area is 164 Å². The van der Waals surface area contributed by atoms with Crippen molar-refractivity contribution in [3.05, 3.63) is 65.2 Å². The van der Waals surface area contributed by atoms with Crippen molar-refractivity contribution in [2.45, 2.75) is 13.5 Å². The van der Waals surface area contributed by atoms with E-state index in [9.17, 15) is 14.4 Å². The van der Waals surface area contributed by atoms with Gasteiger partial charge in [0.1, 0.15) is 5.75 Å². The first kappa shape index (κ1) is 21.0. The van der Waals surface area contributed by atoms with Gasteiger partial charge in [-0.15, -0.1) is 0 Å². The van der Waals surface area contributed by atoms with Crippen LogP contribution < -0.4 is 15.4 Å². The van der Waals surface area contributed by atoms with Crippen LogP contribution in [-0.4, -0.2) is 49.9 Å². The van der Waals surface area contributed by atoms with Gasteiger partial charge < -0.3 is 20.3 Å². The first-order chi connectivity index (χ1) is 13.4. The van der Waals surface area contributed by atoms with Gasteiger partial charge in [-0.05, 0) is 48.9 Å². The topological polar surface area (TPSA) is 87.7 Å². The molecule has 0 spiro atoms. The van der Waals surface area contributed by atoms with E-state index in [1.165, 1.54) is 4.90 Å². The third kappa shape index (κ3) is 6.12. The number of benzene rings is 2. The fourth-order valence-electron chi connectivity index (χ4n) is 2.42. The lowest BCUT2D eigenvalue weighted by atomic mass is 10.1. The van der Waals surface area contributed by atoms with E-state index in [4.69, 9.17) is 4.74 Å². The number of carbonyl (C=O) groups excluding carboxylic acids is 3. The number of amides is 3. The maximum Gasteiger partial charge on any atom is 0.253 e. The normalized spacial score (nSPS) is 10.1. The Balaban J connectivity index is 1.77. The number of ether oxygens (including phenoxy) is 1. The quantitative estimate of drug-likeness (QED) is 0.728. The minimum Gasteiger partial charge on any atom is -0.494 e. The van der Waals surface area contributed by atoms with Gasteiger partial charge in [0.05, 0.1) is 13.2 Å². The zero-order chi connectivity index (χ0) is 20.5. The van der Waals surface area contributed by atoms with Gasteiger partial charge in [-0.2, -0.15) is 0 Å². The van der Waals surface area contributed by atoms with Crippen molar-refractivity contribution >= 4 is 17.7 Å². The molecule has 7 heteroatoms. The predicted molar refractivity (Wildman–Crippen MR) is 106 cm³/mol. The van der Waals surface area contributed by atoms with E-state index in [0.717, 1.165) is 5.56 Å². The zero-order valence-corrected chi connectivity index (χ0v) is 16.3. The molecule has 3 amide bonds. The molecule has 2 N–H and O–H groups in total. The molecular formula is C21H25N3O4. The molecule has 0 bridgehead atoms. The highest BCUT2D eigenvalue weighted by Crippen LogP contribution is 2.12. The van der Waals surface area contributed by atoms with E-state index in [1.807, 2.05) is 6.92 Å². The van der Waals surface area contributed by atoms with Gasteiger partial charge in [-0.1, -0.05) is 12.1 Å². The number of hydrogen-bond acceptors (Lipinski definition) is 4. The Bertz CT molecular complexity index is 815. The van der Waals surface area contributed by atoms with Crippen molar-refractivity contribution in [2.24, 2.45) is 0 Å². The predicted octanol–water partition coefficient (Wildman–Crippen LogP) is 1.83. The second kappa shape index (κ2) is 10.1. The fraction of sp³-hybridized carbons (Fsp3) is 0.286. The Hall–Kier alpha value is -3.35. The van der Waals surface area contributed by atoms with Crippen LogP contribution in [0.5, 0.6) is 5.75 Å². The molecule has 0 atom stereocenters. The summed E-state index contributed by atoms with van der Waals surface area (Å²) < 4.78 is 5.33. The standard InChI is InChI=1S/C21H25N3O4/c1-4-28-18-11-9-16(10-12-18)20(26)23-14-19(25)22-13-15-5-7-17(8-6-15)21(27)24(2)3/h5-12H,4,13-14H2,1-3H3,(H,22,25)(H,23,26). The third-order valence-corrected chi connectivity index (χ3v) is 3.93. The van der Waals surface area contributed by atoms with Crippen molar-refractivity contribution in [1.29, 1.82) is 0 Å². The van der Waals surface area contributed by atoms with Gasteiger partial charge in [0.25, 0.3) is 11.8 Å². The highest BCUT2D eigenvalue weighted by Gasteiger charge is 2.09. The summed E-state index contributed by atoms with van der Waals surface area (Å²) in [5, 5.41) is 5.32. The summed E-state index contributed by atoms with van der Waals surface area (Å²) in [4.78, 5) is 37.4. The second-order valence-corrected chi connectivity index (χ2v) is 6.31. The summed E-state index contributed by atoms with van der Waals surface area (Å²) in [7, 11) is 3.39. The highest BCUT2D eigenvalue weighted by molar-refractivity contribution is 5.96. The maximum atomic E-state index is 12.1. The summed E-state index contributed by atoms with van der Waals surface area (Å²) in [5.74, 6) is -0.0137. The first-order valence-corrected chi connectivity index (χ1v) is 8.99. The van der Waals surface area contributed by atoms with Crippen LogP contribution in [0.15, 0.2) is 48.5 Å². The number of nitrogens with one attached hydrogen (secondary N) is 2. The first-order valence-electron chi connectivity index (χ1n) is 8.99. The van der Waals surface area contributed by atoms with Crippen LogP contribution >= 0.6 is 0 Å². The molecular weight excluding hydrogens is 358 g/mol. The molecule has 148 valence electrons. The van der Waals surface area contributed by atoms with Crippen molar-refractivity contribution in [2.75, 3.05) is 27.2 Å². The van der Waals surface area contributed by atoms with Gasteiger partial charge in [0.2, 0.25) is 5.91 Å². The number of carbonyl (C=O) groups is 3. The Morgan fingerprint density at radius 3 is 2.07 bits per heavy atom. The molecule has 0 radical (unpaired) electrons. The largest absolute Gasteiger partial charge is 0.494 e. The average Bonchev–Trinajstić information content (AvgIpc) is 2.71. The summed E-state index contributed by atoms with van der Waals surface area (Å²) in [6.07, 6.45) is 0. The highest BCUT2D eigenvalue weighted by atomic mass is 16.5. The minimum atomic E-state index is -0.329. The molecule has 0 aliphatic heterocycles. The summed E-state index contributed by atoms with van der Waals surface area (Å²) in [5.41, 5.74) is 1.90. The molecule has 0 aromatic heterocycles.